The summed E-state index contributed by atoms with van der Waals surface area (Å²) < 4.78 is 11.6. The molecule has 1 aliphatic carbocycles. The zero-order chi connectivity index (χ0) is 23.7. The van der Waals surface area contributed by atoms with Gasteiger partial charge < -0.3 is 9.47 Å². The van der Waals surface area contributed by atoms with Crippen LogP contribution in [0.1, 0.15) is 41.3 Å². The van der Waals surface area contributed by atoms with Gasteiger partial charge in [0.15, 0.2) is 5.75 Å². The molecule has 1 fully saturated rings. The lowest BCUT2D eigenvalue weighted by Crippen LogP contribution is -2.35. The van der Waals surface area contributed by atoms with Gasteiger partial charge in [0.05, 0.1) is 29.0 Å². The van der Waals surface area contributed by atoms with Crippen molar-refractivity contribution in [2.24, 2.45) is 5.92 Å². The predicted octanol–water partition coefficient (Wildman–Crippen LogP) is 2.74. The molecule has 1 unspecified atom stereocenters. The molecule has 1 saturated carbocycles. The second kappa shape index (κ2) is 9.95. The molecule has 0 bridgehead atoms. The summed E-state index contributed by atoms with van der Waals surface area (Å²) in [6.07, 6.45) is -0.868. The SMILES string of the molecule is Cc1ncc2c(c1OC(=O)C1C[C@H](ON(O)O)[C@H](ON(O)O)C1)CO[C@H]2c1ccc(Cl)cc1. The Balaban J connectivity index is 1.52. The zero-order valence-electron chi connectivity index (χ0n) is 17.4. The van der Waals surface area contributed by atoms with E-state index in [1.807, 2.05) is 12.1 Å². The Morgan fingerprint density at radius 1 is 1.09 bits per heavy atom. The summed E-state index contributed by atoms with van der Waals surface area (Å²) >= 11 is 5.97. The number of benzene rings is 1. The summed E-state index contributed by atoms with van der Waals surface area (Å²) in [5.41, 5.74) is 2.84. The van der Waals surface area contributed by atoms with E-state index in [1.165, 1.54) is 0 Å². The van der Waals surface area contributed by atoms with Crippen LogP contribution in [0, 0.1) is 12.8 Å². The van der Waals surface area contributed by atoms with Crippen molar-refractivity contribution in [2.45, 2.75) is 44.7 Å². The van der Waals surface area contributed by atoms with E-state index in [1.54, 1.807) is 25.3 Å². The fourth-order valence-electron chi connectivity index (χ4n) is 4.13. The van der Waals surface area contributed by atoms with Crippen LogP contribution in [0.3, 0.4) is 0 Å². The third kappa shape index (κ3) is 5.31. The molecule has 13 heteroatoms. The van der Waals surface area contributed by atoms with Gasteiger partial charge in [0, 0.05) is 22.3 Å². The normalized spacial score (nSPS) is 24.5. The smallest absolute Gasteiger partial charge is 0.314 e. The van der Waals surface area contributed by atoms with Crippen LogP contribution in [0.5, 0.6) is 5.75 Å². The maximum absolute atomic E-state index is 12.9. The number of hydrogen-bond acceptors (Lipinski definition) is 12. The molecule has 4 rings (SSSR count). The summed E-state index contributed by atoms with van der Waals surface area (Å²) in [6.45, 7) is 1.92. The molecule has 1 aromatic carbocycles. The van der Waals surface area contributed by atoms with E-state index in [9.17, 15) is 4.79 Å². The Morgan fingerprint density at radius 3 is 2.27 bits per heavy atom. The Morgan fingerprint density at radius 2 is 1.70 bits per heavy atom. The molecule has 0 radical (unpaired) electrons. The molecule has 0 amide bonds. The zero-order valence-corrected chi connectivity index (χ0v) is 18.1. The average molecular weight is 484 g/mol. The van der Waals surface area contributed by atoms with Gasteiger partial charge in [0.1, 0.15) is 18.3 Å². The van der Waals surface area contributed by atoms with Crippen molar-refractivity contribution in [1.29, 1.82) is 0 Å². The maximum Gasteiger partial charge on any atom is 0.314 e. The molecule has 12 nitrogen and oxygen atoms in total. The van der Waals surface area contributed by atoms with E-state index in [2.05, 4.69) is 4.98 Å². The monoisotopic (exact) mass is 483 g/mol. The van der Waals surface area contributed by atoms with Gasteiger partial charge in [-0.05, 0) is 37.5 Å². The van der Waals surface area contributed by atoms with E-state index in [0.29, 0.717) is 16.3 Å². The number of fused-ring (bicyclic) bond motifs is 1. The molecular weight excluding hydrogens is 462 g/mol. The number of aryl methyl sites for hydroxylation is 1. The summed E-state index contributed by atoms with van der Waals surface area (Å²) in [5.74, 6) is -1.13. The van der Waals surface area contributed by atoms with E-state index in [0.717, 1.165) is 11.1 Å². The van der Waals surface area contributed by atoms with Crippen LogP contribution in [-0.2, 0) is 25.8 Å². The lowest BCUT2D eigenvalue weighted by atomic mass is 10.00. The lowest BCUT2D eigenvalue weighted by molar-refractivity contribution is -0.535. The van der Waals surface area contributed by atoms with Gasteiger partial charge in [-0.2, -0.15) is 0 Å². The van der Waals surface area contributed by atoms with E-state index >= 15 is 0 Å². The highest BCUT2D eigenvalue weighted by atomic mass is 35.5. The second-order valence-corrected chi connectivity index (χ2v) is 8.17. The van der Waals surface area contributed by atoms with Crippen LogP contribution in [0.25, 0.3) is 0 Å². The lowest BCUT2D eigenvalue weighted by Gasteiger charge is -2.20. The van der Waals surface area contributed by atoms with Crippen molar-refractivity contribution in [1.82, 2.24) is 15.8 Å². The summed E-state index contributed by atoms with van der Waals surface area (Å²) in [7, 11) is 0. The molecule has 0 spiro atoms. The molecule has 4 atom stereocenters. The molecule has 178 valence electrons. The Labute approximate surface area is 192 Å². The third-order valence-electron chi connectivity index (χ3n) is 5.64. The van der Waals surface area contributed by atoms with Crippen molar-refractivity contribution in [3.05, 3.63) is 57.9 Å². The van der Waals surface area contributed by atoms with Crippen molar-refractivity contribution < 1.29 is 44.8 Å². The molecule has 0 saturated heterocycles. The van der Waals surface area contributed by atoms with Crippen LogP contribution < -0.4 is 4.74 Å². The number of carbonyl (C=O) groups excluding carboxylic acids is 1. The molecule has 2 aliphatic rings. The number of pyridine rings is 1. The fourth-order valence-corrected chi connectivity index (χ4v) is 4.26. The number of rotatable bonds is 7. The first-order valence-electron chi connectivity index (χ1n) is 9.99. The molecule has 2 aromatic rings. The molecule has 2 heterocycles. The third-order valence-corrected chi connectivity index (χ3v) is 5.89. The van der Waals surface area contributed by atoms with Crippen molar-refractivity contribution >= 4 is 17.6 Å². The molecule has 1 aromatic heterocycles. The van der Waals surface area contributed by atoms with Crippen molar-refractivity contribution in [2.75, 3.05) is 0 Å². The van der Waals surface area contributed by atoms with Crippen LogP contribution in [-0.4, -0.2) is 54.8 Å². The standard InChI is InChI=1S/C20H22ClN3O9/c1-10-18(15-9-30-19(14(15)8-22-10)11-2-4-13(21)5-3-11)31-20(25)12-6-16(32-23(26)27)17(7-12)33-24(28)29/h2-5,8,12,16-17,19,26-29H,6-7,9H2,1H3/t12?,16-,17+,19-/m0/s1. The van der Waals surface area contributed by atoms with Gasteiger partial charge in [0.25, 0.3) is 0 Å². The number of carbonyl (C=O) groups is 1. The van der Waals surface area contributed by atoms with Crippen LogP contribution in [0.15, 0.2) is 30.5 Å². The Kier molecular flexibility index (Phi) is 7.21. The highest BCUT2D eigenvalue weighted by molar-refractivity contribution is 6.30. The first kappa shape index (κ1) is 23.9. The van der Waals surface area contributed by atoms with E-state index < -0.39 is 34.9 Å². The van der Waals surface area contributed by atoms with E-state index in [4.69, 9.17) is 51.6 Å². The van der Waals surface area contributed by atoms with Crippen LogP contribution in [0.2, 0.25) is 5.02 Å². The number of ether oxygens (including phenoxy) is 2. The van der Waals surface area contributed by atoms with Crippen LogP contribution in [0.4, 0.5) is 0 Å². The summed E-state index contributed by atoms with van der Waals surface area (Å²) in [6, 6.07) is 7.22. The van der Waals surface area contributed by atoms with Gasteiger partial charge >= 0.3 is 5.97 Å². The predicted molar refractivity (Wildman–Crippen MR) is 106 cm³/mol. The molecule has 4 N–H and O–H groups in total. The minimum atomic E-state index is -1.06. The Bertz CT molecular complexity index is 987. The van der Waals surface area contributed by atoms with E-state index in [-0.39, 0.29) is 31.3 Å². The van der Waals surface area contributed by atoms with Crippen molar-refractivity contribution in [3.63, 3.8) is 0 Å². The van der Waals surface area contributed by atoms with Gasteiger partial charge in [0.2, 0.25) is 0 Å². The number of hydrogen-bond donors (Lipinski definition) is 4. The Hall–Kier alpha value is -2.23. The molecular formula is C20H22ClN3O9. The number of halogens is 1. The number of nitrogens with zero attached hydrogens (tertiary/aromatic N) is 3. The van der Waals surface area contributed by atoms with Gasteiger partial charge in [-0.1, -0.05) is 23.7 Å². The maximum atomic E-state index is 12.9. The largest absolute Gasteiger partial charge is 0.424 e. The summed E-state index contributed by atoms with van der Waals surface area (Å²) in [5, 5.41) is 35.3. The van der Waals surface area contributed by atoms with Gasteiger partial charge in [-0.3, -0.25) is 30.6 Å². The first-order valence-corrected chi connectivity index (χ1v) is 10.4. The highest BCUT2D eigenvalue weighted by Gasteiger charge is 2.43. The molecule has 1 aliphatic heterocycles. The fraction of sp³-hybridized carbons (Fsp3) is 0.400. The highest BCUT2D eigenvalue weighted by Crippen LogP contribution is 2.42. The van der Waals surface area contributed by atoms with Crippen molar-refractivity contribution in [3.8, 4) is 5.75 Å². The van der Waals surface area contributed by atoms with Gasteiger partial charge in [-0.25, -0.2) is 9.68 Å². The first-order chi connectivity index (χ1) is 15.7. The quantitative estimate of drug-likeness (QED) is 0.338. The second-order valence-electron chi connectivity index (χ2n) is 7.73. The summed E-state index contributed by atoms with van der Waals surface area (Å²) in [4.78, 5) is 26.8. The van der Waals surface area contributed by atoms with Crippen LogP contribution >= 0.6 is 11.6 Å². The topological polar surface area (TPSA) is 154 Å². The average Bonchev–Trinajstić information content (AvgIpc) is 3.34. The molecule has 33 heavy (non-hydrogen) atoms. The number of aromatic nitrogens is 1. The minimum absolute atomic E-state index is 0.0274. The van der Waals surface area contributed by atoms with Gasteiger partial charge in [-0.15, -0.1) is 0 Å². The minimum Gasteiger partial charge on any atom is -0.424 e. The number of esters is 1.